The fraction of sp³-hybridized carbons (Fsp3) is 0.333. The summed E-state index contributed by atoms with van der Waals surface area (Å²) in [6.07, 6.45) is -4.74. The number of halogens is 3. The largest absolute Gasteiger partial charge is 0.488 e. The first-order chi connectivity index (χ1) is 14.7. The molecule has 0 aliphatic carbocycles. The zero-order valence-corrected chi connectivity index (χ0v) is 16.7. The maximum absolute atomic E-state index is 13.1. The van der Waals surface area contributed by atoms with Crippen LogP contribution in [-0.4, -0.2) is 29.5 Å². The van der Waals surface area contributed by atoms with E-state index in [0.29, 0.717) is 35.9 Å². The van der Waals surface area contributed by atoms with Crippen molar-refractivity contribution in [2.75, 3.05) is 24.3 Å². The highest BCUT2D eigenvalue weighted by Gasteiger charge is 2.31. The quantitative estimate of drug-likeness (QED) is 0.415. The predicted octanol–water partition coefficient (Wildman–Crippen LogP) is 3.78. The van der Waals surface area contributed by atoms with Gasteiger partial charge >= 0.3 is 6.18 Å². The fourth-order valence-corrected chi connectivity index (χ4v) is 3.50. The number of hydrogen-bond acceptors (Lipinski definition) is 7. The van der Waals surface area contributed by atoms with Crippen molar-refractivity contribution in [2.45, 2.75) is 31.8 Å². The number of aryl methyl sites for hydroxylation is 1. The molecule has 2 atom stereocenters. The summed E-state index contributed by atoms with van der Waals surface area (Å²) in [5.74, 6) is 0.965. The molecule has 3 aromatic rings. The van der Waals surface area contributed by atoms with E-state index in [1.165, 1.54) is 6.07 Å². The minimum absolute atomic E-state index is 0.0277. The standard InChI is InChI=1S/C21H22F3N5O2/c1-11-17-3-2-15(31-16-4-5-30-10-16)9-18(17)20(29-28-11)27-19(26)12-6-13(21(22,23)24)8-14(25)7-12/h2-3,6-9,16,19H,4-5,10,25-26H2,1H3,(H,27,29)/t16-,19-/m0/s1. The number of aromatic nitrogens is 2. The van der Waals surface area contributed by atoms with Gasteiger partial charge in [-0.1, -0.05) is 0 Å². The van der Waals surface area contributed by atoms with E-state index < -0.39 is 17.9 Å². The molecular formula is C21H22F3N5O2. The molecule has 2 aromatic carbocycles. The zero-order chi connectivity index (χ0) is 22.2. The Hall–Kier alpha value is -3.11. The molecule has 4 rings (SSSR count). The van der Waals surface area contributed by atoms with Gasteiger partial charge in [-0.15, -0.1) is 5.10 Å². The maximum atomic E-state index is 13.1. The Bertz CT molecular complexity index is 1100. The maximum Gasteiger partial charge on any atom is 0.416 e. The lowest BCUT2D eigenvalue weighted by atomic mass is 10.1. The highest BCUT2D eigenvalue weighted by atomic mass is 19.4. The highest BCUT2D eigenvalue weighted by Crippen LogP contribution is 2.34. The summed E-state index contributed by atoms with van der Waals surface area (Å²) >= 11 is 0. The smallest absolute Gasteiger partial charge is 0.416 e. The van der Waals surface area contributed by atoms with Gasteiger partial charge in [-0.2, -0.15) is 18.3 Å². The Morgan fingerprint density at radius 2 is 1.97 bits per heavy atom. The number of ether oxygens (including phenoxy) is 2. The van der Waals surface area contributed by atoms with Gasteiger partial charge in [0.05, 0.1) is 24.5 Å². The molecule has 0 radical (unpaired) electrons. The number of rotatable bonds is 5. The van der Waals surface area contributed by atoms with Gasteiger partial charge in [0.25, 0.3) is 0 Å². The van der Waals surface area contributed by atoms with Gasteiger partial charge in [-0.3, -0.25) is 0 Å². The topological polar surface area (TPSA) is 108 Å². The molecule has 1 aliphatic heterocycles. The Balaban J connectivity index is 1.66. The Morgan fingerprint density at radius 3 is 2.68 bits per heavy atom. The minimum atomic E-state index is -4.53. The second-order valence-electron chi connectivity index (χ2n) is 7.45. The molecule has 31 heavy (non-hydrogen) atoms. The second kappa shape index (κ2) is 8.20. The Labute approximate surface area is 176 Å². The van der Waals surface area contributed by atoms with Crippen LogP contribution in [0.5, 0.6) is 5.75 Å². The van der Waals surface area contributed by atoms with E-state index in [1.54, 1.807) is 0 Å². The highest BCUT2D eigenvalue weighted by molar-refractivity contribution is 5.94. The van der Waals surface area contributed by atoms with E-state index in [9.17, 15) is 13.2 Å². The van der Waals surface area contributed by atoms with Crippen LogP contribution < -0.4 is 21.5 Å². The number of fused-ring (bicyclic) bond motifs is 1. The third-order valence-electron chi connectivity index (χ3n) is 5.08. The number of nitrogens with two attached hydrogens (primary N) is 2. The van der Waals surface area contributed by atoms with Crippen LogP contribution in [-0.2, 0) is 10.9 Å². The predicted molar refractivity (Wildman–Crippen MR) is 111 cm³/mol. The van der Waals surface area contributed by atoms with E-state index in [2.05, 4.69) is 15.5 Å². The fourth-order valence-electron chi connectivity index (χ4n) is 3.50. The molecule has 1 aromatic heterocycles. The van der Waals surface area contributed by atoms with Crippen molar-refractivity contribution in [1.29, 1.82) is 0 Å². The molecule has 0 amide bonds. The van der Waals surface area contributed by atoms with Crippen molar-refractivity contribution in [2.24, 2.45) is 5.73 Å². The average Bonchev–Trinajstić information content (AvgIpc) is 3.22. The number of hydrogen-bond donors (Lipinski definition) is 3. The number of benzene rings is 2. The summed E-state index contributed by atoms with van der Waals surface area (Å²) in [7, 11) is 0. The van der Waals surface area contributed by atoms with Gasteiger partial charge in [-0.05, 0) is 48.9 Å². The first kappa shape index (κ1) is 21.1. The van der Waals surface area contributed by atoms with Crippen LogP contribution in [0.15, 0.2) is 36.4 Å². The van der Waals surface area contributed by atoms with Crippen LogP contribution in [0.1, 0.15) is 29.4 Å². The van der Waals surface area contributed by atoms with E-state index in [1.807, 2.05) is 25.1 Å². The van der Waals surface area contributed by atoms with Crippen molar-refractivity contribution >= 4 is 22.3 Å². The molecular weight excluding hydrogens is 411 g/mol. The first-order valence-electron chi connectivity index (χ1n) is 9.72. The van der Waals surface area contributed by atoms with Crippen molar-refractivity contribution in [3.63, 3.8) is 0 Å². The molecule has 0 spiro atoms. The van der Waals surface area contributed by atoms with E-state index in [4.69, 9.17) is 20.9 Å². The number of nitrogen functional groups attached to an aromatic ring is 1. The van der Waals surface area contributed by atoms with Crippen LogP contribution in [0.2, 0.25) is 0 Å². The van der Waals surface area contributed by atoms with Crippen LogP contribution in [0.4, 0.5) is 24.7 Å². The summed E-state index contributed by atoms with van der Waals surface area (Å²) in [5.41, 5.74) is 11.8. The zero-order valence-electron chi connectivity index (χ0n) is 16.7. The van der Waals surface area contributed by atoms with E-state index >= 15 is 0 Å². The van der Waals surface area contributed by atoms with Gasteiger partial charge in [0.15, 0.2) is 5.82 Å². The minimum Gasteiger partial charge on any atom is -0.488 e. The Kier molecular flexibility index (Phi) is 5.59. The monoisotopic (exact) mass is 433 g/mol. The number of nitrogens with one attached hydrogen (secondary N) is 1. The lowest BCUT2D eigenvalue weighted by molar-refractivity contribution is -0.137. The molecule has 1 fully saturated rings. The number of nitrogens with zero attached hydrogens (tertiary/aromatic N) is 2. The van der Waals surface area contributed by atoms with Gasteiger partial charge in [0, 0.05) is 22.9 Å². The van der Waals surface area contributed by atoms with Crippen molar-refractivity contribution < 1.29 is 22.6 Å². The van der Waals surface area contributed by atoms with E-state index in [0.717, 1.165) is 23.9 Å². The number of alkyl halides is 3. The van der Waals surface area contributed by atoms with Gasteiger partial charge < -0.3 is 26.3 Å². The molecule has 5 N–H and O–H groups in total. The summed E-state index contributed by atoms with van der Waals surface area (Å²) in [5, 5.41) is 12.8. The third-order valence-corrected chi connectivity index (χ3v) is 5.08. The average molecular weight is 433 g/mol. The molecule has 10 heteroatoms. The molecule has 0 unspecified atom stereocenters. The van der Waals surface area contributed by atoms with Crippen molar-refractivity contribution in [1.82, 2.24) is 10.2 Å². The molecule has 164 valence electrons. The lowest BCUT2D eigenvalue weighted by Crippen LogP contribution is -2.22. The first-order valence-corrected chi connectivity index (χ1v) is 9.72. The van der Waals surface area contributed by atoms with Crippen LogP contribution in [0.25, 0.3) is 10.8 Å². The van der Waals surface area contributed by atoms with Crippen molar-refractivity contribution in [3.8, 4) is 5.75 Å². The van der Waals surface area contributed by atoms with Gasteiger partial charge in [0.1, 0.15) is 18.0 Å². The van der Waals surface area contributed by atoms with Gasteiger partial charge in [0.2, 0.25) is 0 Å². The SMILES string of the molecule is Cc1nnc(N[C@H](N)c2cc(N)cc(C(F)(F)F)c2)c2cc(O[C@H]3CCOC3)ccc12. The normalized spacial score (nSPS) is 17.6. The summed E-state index contributed by atoms with van der Waals surface area (Å²) < 4.78 is 50.7. The van der Waals surface area contributed by atoms with Gasteiger partial charge in [-0.25, -0.2) is 0 Å². The molecule has 1 aliphatic rings. The van der Waals surface area contributed by atoms with Crippen LogP contribution >= 0.6 is 0 Å². The summed E-state index contributed by atoms with van der Waals surface area (Å²) in [6, 6.07) is 8.74. The molecule has 7 nitrogen and oxygen atoms in total. The molecule has 2 heterocycles. The Morgan fingerprint density at radius 1 is 1.16 bits per heavy atom. The van der Waals surface area contributed by atoms with Crippen LogP contribution in [0.3, 0.4) is 0 Å². The third kappa shape index (κ3) is 4.64. The lowest BCUT2D eigenvalue weighted by Gasteiger charge is -2.19. The summed E-state index contributed by atoms with van der Waals surface area (Å²) in [4.78, 5) is 0. The molecule has 0 bridgehead atoms. The second-order valence-corrected chi connectivity index (χ2v) is 7.45. The van der Waals surface area contributed by atoms with Crippen molar-refractivity contribution in [3.05, 3.63) is 53.2 Å². The van der Waals surface area contributed by atoms with Crippen LogP contribution in [0, 0.1) is 6.92 Å². The number of anilines is 2. The molecule has 0 saturated carbocycles. The molecule has 1 saturated heterocycles. The summed E-state index contributed by atoms with van der Waals surface area (Å²) in [6.45, 7) is 3.00. The van der Waals surface area contributed by atoms with E-state index in [-0.39, 0.29) is 17.4 Å².